The number of ketones is 1. The van der Waals surface area contributed by atoms with Crippen LogP contribution in [0.2, 0.25) is 0 Å². The maximum atomic E-state index is 13.2. The lowest BCUT2D eigenvalue weighted by Crippen LogP contribution is -2.41. The largest absolute Gasteiger partial charge is 0.354 e. The molecule has 2 amide bonds. The van der Waals surface area contributed by atoms with E-state index in [4.69, 9.17) is 0 Å². The van der Waals surface area contributed by atoms with Crippen LogP contribution in [-0.2, 0) is 9.59 Å². The summed E-state index contributed by atoms with van der Waals surface area (Å²) in [4.78, 5) is 36.3. The molecule has 1 aliphatic heterocycles. The number of halogens is 1. The summed E-state index contributed by atoms with van der Waals surface area (Å²) >= 11 is 0. The molecule has 1 aromatic carbocycles. The van der Waals surface area contributed by atoms with Gasteiger partial charge in [-0.3, -0.25) is 19.3 Å². The lowest BCUT2D eigenvalue weighted by Gasteiger charge is -2.16. The van der Waals surface area contributed by atoms with Gasteiger partial charge in [0.05, 0.1) is 11.3 Å². The van der Waals surface area contributed by atoms with E-state index < -0.39 is 17.5 Å². The van der Waals surface area contributed by atoms with E-state index in [9.17, 15) is 18.8 Å². The lowest BCUT2D eigenvalue weighted by atomic mass is 10.1. The number of anilines is 1. The summed E-state index contributed by atoms with van der Waals surface area (Å²) in [6.07, 6.45) is 0. The highest BCUT2D eigenvalue weighted by atomic mass is 19.1. The standard InChI is InChI=1S/C14H15FN2O3/c1-8(2)6-16-12(18)7-17-11-5-9(15)3-4-10(11)13(19)14(17)20/h3-5,8H,6-7H2,1-2H3,(H,16,18). The number of rotatable bonds is 4. The van der Waals surface area contributed by atoms with Gasteiger partial charge in [-0.1, -0.05) is 13.8 Å². The van der Waals surface area contributed by atoms with E-state index >= 15 is 0 Å². The zero-order valence-corrected chi connectivity index (χ0v) is 11.3. The van der Waals surface area contributed by atoms with Crippen molar-refractivity contribution in [1.29, 1.82) is 0 Å². The highest BCUT2D eigenvalue weighted by Gasteiger charge is 2.36. The minimum Gasteiger partial charge on any atom is -0.354 e. The molecule has 0 aliphatic carbocycles. The molecule has 0 radical (unpaired) electrons. The molecule has 1 aliphatic rings. The molecule has 0 bridgehead atoms. The Labute approximate surface area is 115 Å². The van der Waals surface area contributed by atoms with Crippen LogP contribution in [0.1, 0.15) is 24.2 Å². The molecule has 1 N–H and O–H groups in total. The Kier molecular flexibility index (Phi) is 3.83. The predicted molar refractivity (Wildman–Crippen MR) is 70.9 cm³/mol. The molecule has 1 heterocycles. The van der Waals surface area contributed by atoms with Crippen LogP contribution in [0.25, 0.3) is 0 Å². The van der Waals surface area contributed by atoms with E-state index in [1.54, 1.807) is 0 Å². The molecule has 1 aromatic rings. The van der Waals surface area contributed by atoms with E-state index in [0.717, 1.165) is 17.0 Å². The van der Waals surface area contributed by atoms with Crippen LogP contribution in [-0.4, -0.2) is 30.7 Å². The fraction of sp³-hybridized carbons (Fsp3) is 0.357. The Morgan fingerprint density at radius 2 is 2.05 bits per heavy atom. The van der Waals surface area contributed by atoms with Crippen molar-refractivity contribution in [2.24, 2.45) is 5.92 Å². The van der Waals surface area contributed by atoms with E-state index in [2.05, 4.69) is 5.32 Å². The quantitative estimate of drug-likeness (QED) is 0.839. The van der Waals surface area contributed by atoms with Crippen molar-refractivity contribution in [2.75, 3.05) is 18.0 Å². The van der Waals surface area contributed by atoms with Crippen molar-refractivity contribution in [3.05, 3.63) is 29.6 Å². The number of hydrogen-bond donors (Lipinski definition) is 1. The van der Waals surface area contributed by atoms with Crippen molar-refractivity contribution >= 4 is 23.3 Å². The van der Waals surface area contributed by atoms with Crippen LogP contribution in [0.5, 0.6) is 0 Å². The Morgan fingerprint density at radius 3 is 2.70 bits per heavy atom. The van der Waals surface area contributed by atoms with Gasteiger partial charge in [-0.25, -0.2) is 4.39 Å². The number of nitrogens with zero attached hydrogens (tertiary/aromatic N) is 1. The number of nitrogens with one attached hydrogen (secondary N) is 1. The zero-order chi connectivity index (χ0) is 14.9. The fourth-order valence-corrected chi connectivity index (χ4v) is 1.94. The number of Topliss-reactive ketones (excluding diaryl/α,β-unsaturated/α-hetero) is 1. The summed E-state index contributed by atoms with van der Waals surface area (Å²) in [6.45, 7) is 4.07. The number of carbonyl (C=O) groups excluding carboxylic acids is 3. The molecule has 106 valence electrons. The van der Waals surface area contributed by atoms with Gasteiger partial charge in [0.2, 0.25) is 5.91 Å². The summed E-state index contributed by atoms with van der Waals surface area (Å²) in [7, 11) is 0. The summed E-state index contributed by atoms with van der Waals surface area (Å²) in [5.41, 5.74) is 0.285. The third-order valence-electron chi connectivity index (χ3n) is 2.94. The van der Waals surface area contributed by atoms with Gasteiger partial charge in [0, 0.05) is 6.54 Å². The van der Waals surface area contributed by atoms with Crippen LogP contribution >= 0.6 is 0 Å². The maximum absolute atomic E-state index is 13.2. The SMILES string of the molecule is CC(C)CNC(=O)CN1C(=O)C(=O)c2ccc(F)cc21. The van der Waals surface area contributed by atoms with Gasteiger partial charge < -0.3 is 5.32 Å². The molecule has 6 heteroatoms. The maximum Gasteiger partial charge on any atom is 0.299 e. The first-order chi connectivity index (χ1) is 9.40. The van der Waals surface area contributed by atoms with Gasteiger partial charge >= 0.3 is 0 Å². The topological polar surface area (TPSA) is 66.5 Å². The van der Waals surface area contributed by atoms with Gasteiger partial charge in [-0.2, -0.15) is 0 Å². The van der Waals surface area contributed by atoms with Crippen molar-refractivity contribution in [3.8, 4) is 0 Å². The van der Waals surface area contributed by atoms with Crippen LogP contribution in [0.4, 0.5) is 10.1 Å². The highest BCUT2D eigenvalue weighted by molar-refractivity contribution is 6.52. The monoisotopic (exact) mass is 278 g/mol. The number of fused-ring (bicyclic) bond motifs is 1. The Morgan fingerprint density at radius 1 is 1.35 bits per heavy atom. The summed E-state index contributed by atoms with van der Waals surface area (Å²) in [5, 5.41) is 2.65. The van der Waals surface area contributed by atoms with Crippen LogP contribution in [0.3, 0.4) is 0 Å². The van der Waals surface area contributed by atoms with Crippen LogP contribution < -0.4 is 10.2 Å². The smallest absolute Gasteiger partial charge is 0.299 e. The van der Waals surface area contributed by atoms with E-state index in [0.29, 0.717) is 6.54 Å². The number of carbonyl (C=O) groups is 3. The van der Waals surface area contributed by atoms with E-state index in [1.165, 1.54) is 6.07 Å². The minimum atomic E-state index is -0.801. The Hall–Kier alpha value is -2.24. The molecule has 0 saturated carbocycles. The van der Waals surface area contributed by atoms with Gasteiger partial charge in [0.1, 0.15) is 12.4 Å². The van der Waals surface area contributed by atoms with Crippen molar-refractivity contribution in [3.63, 3.8) is 0 Å². The van der Waals surface area contributed by atoms with Gasteiger partial charge in [-0.15, -0.1) is 0 Å². The van der Waals surface area contributed by atoms with Crippen molar-refractivity contribution in [2.45, 2.75) is 13.8 Å². The molecule has 0 fully saturated rings. The first-order valence-electron chi connectivity index (χ1n) is 6.32. The van der Waals surface area contributed by atoms with Crippen LogP contribution in [0, 0.1) is 11.7 Å². The predicted octanol–water partition coefficient (Wildman–Crippen LogP) is 1.13. The van der Waals surface area contributed by atoms with E-state index in [1.807, 2.05) is 13.8 Å². The molecule has 5 nitrogen and oxygen atoms in total. The minimum absolute atomic E-state index is 0.132. The third kappa shape index (κ3) is 2.68. The second-order valence-electron chi connectivity index (χ2n) is 5.08. The molecule has 0 aromatic heterocycles. The average molecular weight is 278 g/mol. The second kappa shape index (κ2) is 5.40. The first-order valence-corrected chi connectivity index (χ1v) is 6.32. The molecule has 0 saturated heterocycles. The summed E-state index contributed by atoms with van der Waals surface area (Å²) < 4.78 is 13.2. The number of hydrogen-bond acceptors (Lipinski definition) is 3. The van der Waals surface area contributed by atoms with Gasteiger partial charge in [0.15, 0.2) is 0 Å². The van der Waals surface area contributed by atoms with E-state index in [-0.39, 0.29) is 29.6 Å². The van der Waals surface area contributed by atoms with Gasteiger partial charge in [-0.05, 0) is 24.1 Å². The first kappa shape index (κ1) is 14.2. The summed E-state index contributed by atoms with van der Waals surface area (Å²) in [5.74, 6) is -2.17. The average Bonchev–Trinajstić information content (AvgIpc) is 2.61. The lowest BCUT2D eigenvalue weighted by molar-refractivity contribution is -0.122. The summed E-state index contributed by atoms with van der Waals surface area (Å²) in [6, 6.07) is 3.47. The van der Waals surface area contributed by atoms with Gasteiger partial charge in [0.25, 0.3) is 11.7 Å². The number of amides is 2. The zero-order valence-electron chi connectivity index (χ0n) is 11.3. The molecule has 0 unspecified atom stereocenters. The Balaban J connectivity index is 2.17. The normalized spacial score (nSPS) is 13.9. The molecule has 0 atom stereocenters. The molecule has 2 rings (SSSR count). The molecule has 20 heavy (non-hydrogen) atoms. The number of benzene rings is 1. The highest BCUT2D eigenvalue weighted by Crippen LogP contribution is 2.29. The second-order valence-corrected chi connectivity index (χ2v) is 5.08. The molecular weight excluding hydrogens is 263 g/mol. The third-order valence-corrected chi connectivity index (χ3v) is 2.94. The van der Waals surface area contributed by atoms with Crippen molar-refractivity contribution < 1.29 is 18.8 Å². The fourth-order valence-electron chi connectivity index (χ4n) is 1.94. The molecular formula is C14H15FN2O3. The Bertz CT molecular complexity index is 584. The molecule has 0 spiro atoms. The van der Waals surface area contributed by atoms with Crippen LogP contribution in [0.15, 0.2) is 18.2 Å². The van der Waals surface area contributed by atoms with Crippen molar-refractivity contribution in [1.82, 2.24) is 5.32 Å².